The van der Waals surface area contributed by atoms with E-state index in [1.807, 2.05) is 42.5 Å². The number of alkyl halides is 3. The van der Waals surface area contributed by atoms with Crippen molar-refractivity contribution in [3.63, 3.8) is 0 Å². The lowest BCUT2D eigenvalue weighted by Gasteiger charge is -2.24. The predicted octanol–water partition coefficient (Wildman–Crippen LogP) is 7.07. The van der Waals surface area contributed by atoms with Crippen LogP contribution in [0.1, 0.15) is 49.4 Å². The van der Waals surface area contributed by atoms with Gasteiger partial charge in [0.15, 0.2) is 0 Å². The minimum absolute atomic E-state index is 0. The molecule has 224 valence electrons. The van der Waals surface area contributed by atoms with Gasteiger partial charge >= 0.3 is 6.18 Å². The molecule has 3 aromatic rings. The number of halogens is 4. The van der Waals surface area contributed by atoms with Gasteiger partial charge in [-0.3, -0.25) is 14.5 Å². The summed E-state index contributed by atoms with van der Waals surface area (Å²) in [6, 6.07) is 20.3. The first kappa shape index (κ1) is 34.2. The van der Waals surface area contributed by atoms with Gasteiger partial charge in [-0.2, -0.15) is 18.4 Å². The highest BCUT2D eigenvalue weighted by molar-refractivity contribution is 5.85. The third-order valence-electron chi connectivity index (χ3n) is 6.64. The number of hydrogen-bond acceptors (Lipinski definition) is 4. The van der Waals surface area contributed by atoms with Gasteiger partial charge in [0.2, 0.25) is 5.91 Å². The molecule has 9 heteroatoms. The van der Waals surface area contributed by atoms with Crippen LogP contribution < -0.4 is 0 Å². The number of amides is 1. The Hall–Kier alpha value is -4.03. The minimum atomic E-state index is -4.47. The maximum absolute atomic E-state index is 12.7. The molecule has 0 saturated carbocycles. The molecule has 0 bridgehead atoms. The number of Topliss-reactive ketones (excluding diaryl/α,β-unsaturated/α-hetero) is 1. The molecule has 4 rings (SSSR count). The lowest BCUT2D eigenvalue weighted by molar-refractivity contribution is -0.137. The number of ketones is 1. The molecule has 0 unspecified atom stereocenters. The Morgan fingerprint density at radius 3 is 2.21 bits per heavy atom. The van der Waals surface area contributed by atoms with Crippen molar-refractivity contribution in [3.8, 4) is 17.2 Å². The summed E-state index contributed by atoms with van der Waals surface area (Å²) in [5.41, 5.74) is 3.14. The number of carbonyl (C=O) groups excluding carboxylic acids is 2. The number of carbonyl (C=O) groups is 2. The third kappa shape index (κ3) is 10.7. The summed E-state index contributed by atoms with van der Waals surface area (Å²) in [6.07, 6.45) is -1.47. The Morgan fingerprint density at radius 2 is 1.64 bits per heavy atom. The molecule has 0 atom stereocenters. The fourth-order valence-electron chi connectivity index (χ4n) is 4.59. The Kier molecular flexibility index (Phi) is 12.9. The van der Waals surface area contributed by atoms with E-state index in [-0.39, 0.29) is 31.2 Å². The summed E-state index contributed by atoms with van der Waals surface area (Å²) >= 11 is 0. The smallest absolute Gasteiger partial charge is 0.334 e. The van der Waals surface area contributed by atoms with E-state index in [9.17, 15) is 27.2 Å². The molecule has 0 aliphatic carbocycles. The zero-order valence-electron chi connectivity index (χ0n) is 23.2. The maximum Gasteiger partial charge on any atom is 0.416 e. The van der Waals surface area contributed by atoms with Gasteiger partial charge in [0.05, 0.1) is 30.3 Å². The van der Waals surface area contributed by atoms with Crippen LogP contribution in [0.25, 0.3) is 11.1 Å². The Morgan fingerprint density at radius 1 is 0.976 bits per heavy atom. The highest BCUT2D eigenvalue weighted by Crippen LogP contribution is 2.30. The second-order valence-corrected chi connectivity index (χ2v) is 10.2. The minimum Gasteiger partial charge on any atom is -0.334 e. The third-order valence-corrected chi connectivity index (χ3v) is 6.64. The van der Waals surface area contributed by atoms with Crippen LogP contribution in [0.4, 0.5) is 17.6 Å². The normalized spacial score (nSPS) is 12.9. The van der Waals surface area contributed by atoms with Gasteiger partial charge in [-0.05, 0) is 98.8 Å². The summed E-state index contributed by atoms with van der Waals surface area (Å²) in [5.74, 6) is -0.818. The van der Waals surface area contributed by atoms with E-state index < -0.39 is 17.6 Å². The molecule has 3 aromatic carbocycles. The van der Waals surface area contributed by atoms with Crippen LogP contribution in [-0.4, -0.2) is 54.2 Å². The Bertz CT molecular complexity index is 1360. The number of rotatable bonds is 8. The van der Waals surface area contributed by atoms with Crippen molar-refractivity contribution in [2.24, 2.45) is 0 Å². The van der Waals surface area contributed by atoms with E-state index in [1.54, 1.807) is 11.0 Å². The highest BCUT2D eigenvalue weighted by atomic mass is 19.4. The summed E-state index contributed by atoms with van der Waals surface area (Å²) in [6.45, 7) is 5.99. The number of hydrogen-bond donors (Lipinski definition) is 0. The lowest BCUT2D eigenvalue weighted by atomic mass is 10.0. The average molecular weight is 584 g/mol. The molecule has 0 aromatic heterocycles. The first-order valence-corrected chi connectivity index (χ1v) is 13.4. The molecule has 1 aliphatic heterocycles. The number of likely N-dealkylation sites (tertiary alicyclic amines) is 1. The second-order valence-electron chi connectivity index (χ2n) is 10.2. The monoisotopic (exact) mass is 583 g/mol. The maximum atomic E-state index is 12.7. The number of aryl methyl sites for hydroxylation is 1. The Labute approximate surface area is 245 Å². The van der Waals surface area contributed by atoms with Crippen LogP contribution in [0.2, 0.25) is 0 Å². The van der Waals surface area contributed by atoms with Gasteiger partial charge < -0.3 is 4.90 Å². The van der Waals surface area contributed by atoms with Crippen LogP contribution >= 0.6 is 0 Å². The molecule has 1 saturated heterocycles. The van der Waals surface area contributed by atoms with Gasteiger partial charge in [-0.1, -0.05) is 43.8 Å². The molecular formula is C33H37F4N3O2. The summed E-state index contributed by atoms with van der Waals surface area (Å²) in [5, 5.41) is 9.06. The largest absolute Gasteiger partial charge is 0.416 e. The molecule has 0 N–H and O–H groups in total. The number of nitrogens with zero attached hydrogens (tertiary/aromatic N) is 3. The van der Waals surface area contributed by atoms with Gasteiger partial charge in [-0.15, -0.1) is 0 Å². The molecular weight excluding hydrogens is 546 g/mol. The van der Waals surface area contributed by atoms with Crippen LogP contribution in [0, 0.1) is 24.1 Å². The Balaban J connectivity index is 0.000000399. The fourth-order valence-corrected chi connectivity index (χ4v) is 4.59. The molecule has 0 radical (unpaired) electrons. The molecule has 5 nitrogen and oxygen atoms in total. The van der Waals surface area contributed by atoms with Crippen LogP contribution in [0.5, 0.6) is 0 Å². The molecule has 0 spiro atoms. The zero-order chi connectivity index (χ0) is 30.0. The lowest BCUT2D eigenvalue weighted by Crippen LogP contribution is -2.42. The predicted molar refractivity (Wildman–Crippen MR) is 156 cm³/mol. The van der Waals surface area contributed by atoms with E-state index in [1.165, 1.54) is 13.8 Å². The van der Waals surface area contributed by atoms with E-state index in [4.69, 9.17) is 5.26 Å². The van der Waals surface area contributed by atoms with E-state index in [0.29, 0.717) is 31.1 Å². The van der Waals surface area contributed by atoms with Crippen molar-refractivity contribution in [2.75, 3.05) is 32.7 Å². The molecule has 42 heavy (non-hydrogen) atoms. The summed E-state index contributed by atoms with van der Waals surface area (Å²) in [4.78, 5) is 28.1. The van der Waals surface area contributed by atoms with E-state index >= 15 is 0 Å². The molecule has 1 heterocycles. The van der Waals surface area contributed by atoms with Crippen molar-refractivity contribution in [1.29, 1.82) is 5.26 Å². The average Bonchev–Trinajstić information content (AvgIpc) is 3.43. The van der Waals surface area contributed by atoms with Crippen LogP contribution in [-0.2, 0) is 22.2 Å². The highest BCUT2D eigenvalue weighted by Gasteiger charge is 2.31. The molecule has 1 fully saturated rings. The first-order chi connectivity index (χ1) is 19.4. The van der Waals surface area contributed by atoms with Crippen molar-refractivity contribution in [3.05, 3.63) is 94.8 Å². The van der Waals surface area contributed by atoms with Gasteiger partial charge in [0.1, 0.15) is 11.6 Å². The topological polar surface area (TPSA) is 64.4 Å². The van der Waals surface area contributed by atoms with Gasteiger partial charge in [0, 0.05) is 6.54 Å². The molecule has 1 amide bonds. The first-order valence-electron chi connectivity index (χ1n) is 13.4. The zero-order valence-corrected chi connectivity index (χ0v) is 23.2. The van der Waals surface area contributed by atoms with Crippen molar-refractivity contribution < 1.29 is 27.2 Å². The molecule has 1 aliphatic rings. The number of nitriles is 1. The van der Waals surface area contributed by atoms with E-state index in [2.05, 4.69) is 11.0 Å². The SMILES string of the molecule is C.CC(=O)CN(CCc1ccc(-c2cccc(C#N)c2)cc1)C(=O)CN1CCCC1.Cc1cc(F)cc(C(F)(F)F)c1. The number of benzene rings is 3. The summed E-state index contributed by atoms with van der Waals surface area (Å²) < 4.78 is 48.4. The van der Waals surface area contributed by atoms with Crippen molar-refractivity contribution in [1.82, 2.24) is 9.80 Å². The fraction of sp³-hybridized carbons (Fsp3) is 0.364. The van der Waals surface area contributed by atoms with Gasteiger partial charge in [0.25, 0.3) is 0 Å². The second kappa shape index (κ2) is 15.8. The quantitative estimate of drug-likeness (QED) is 0.266. The van der Waals surface area contributed by atoms with E-state index in [0.717, 1.165) is 54.8 Å². The van der Waals surface area contributed by atoms with Gasteiger partial charge in [-0.25, -0.2) is 4.39 Å². The van der Waals surface area contributed by atoms with Crippen LogP contribution in [0.15, 0.2) is 66.7 Å². The summed E-state index contributed by atoms with van der Waals surface area (Å²) in [7, 11) is 0. The standard InChI is InChI=1S/C24H27N3O2.C8H6F4.CH4/c1-19(28)17-27(24(29)18-26-12-2-3-13-26)14-11-20-7-9-22(10-8-20)23-6-4-5-21(15-23)16-25;1-5-2-6(8(10,11)12)4-7(9)3-5;/h4-10,15H,2-3,11-14,17-18H2,1H3;2-4H,1H3;1H4. The van der Waals surface area contributed by atoms with Crippen molar-refractivity contribution in [2.45, 2.75) is 46.7 Å². The van der Waals surface area contributed by atoms with Crippen molar-refractivity contribution >= 4 is 11.7 Å². The van der Waals surface area contributed by atoms with Crippen LogP contribution in [0.3, 0.4) is 0 Å².